The zero-order valence-electron chi connectivity index (χ0n) is 16.2. The van der Waals surface area contributed by atoms with Crippen molar-refractivity contribution in [2.24, 2.45) is 0 Å². The molecule has 4 aromatic rings. The molecule has 0 radical (unpaired) electrons. The lowest BCUT2D eigenvalue weighted by atomic mass is 10.1. The molecule has 0 aliphatic heterocycles. The van der Waals surface area contributed by atoms with Gasteiger partial charge in [-0.25, -0.2) is 0 Å². The van der Waals surface area contributed by atoms with Gasteiger partial charge in [-0.1, -0.05) is 29.8 Å². The van der Waals surface area contributed by atoms with E-state index < -0.39 is 17.2 Å². The van der Waals surface area contributed by atoms with E-state index in [1.807, 2.05) is 12.1 Å². The van der Waals surface area contributed by atoms with Gasteiger partial charge < -0.3 is 13.9 Å². The zero-order chi connectivity index (χ0) is 21.4. The first-order valence-electron chi connectivity index (χ1n) is 9.00. The third-order valence-electron chi connectivity index (χ3n) is 4.95. The standard InChI is InChI=1S/C21H18ClN3O4S/c1-13-21(16-11-15(22)8-9-17(16)24(13)12-19(26)29-2)25(30(27)28)18-7-3-5-14-6-4-10-23-20(14)18/h3-11H,12H2,1-2H3,(H,27,28)/p-1. The summed E-state index contributed by atoms with van der Waals surface area (Å²) in [5.74, 6) is -0.446. The average Bonchev–Trinajstić information content (AvgIpc) is 2.99. The minimum atomic E-state index is -2.66. The van der Waals surface area contributed by atoms with E-state index in [1.54, 1.807) is 54.1 Å². The lowest BCUT2D eigenvalue weighted by Gasteiger charge is -2.27. The molecule has 2 aromatic carbocycles. The monoisotopic (exact) mass is 442 g/mol. The number of hydrogen-bond acceptors (Lipinski definition) is 5. The average molecular weight is 443 g/mol. The van der Waals surface area contributed by atoms with Crippen LogP contribution in [0.3, 0.4) is 0 Å². The fraction of sp³-hybridized carbons (Fsp3) is 0.143. The molecular weight excluding hydrogens is 426 g/mol. The van der Waals surface area contributed by atoms with Crippen molar-refractivity contribution in [1.29, 1.82) is 0 Å². The van der Waals surface area contributed by atoms with Crippen LogP contribution in [-0.2, 0) is 27.3 Å². The Morgan fingerprint density at radius 3 is 2.77 bits per heavy atom. The van der Waals surface area contributed by atoms with Crippen LogP contribution in [0.2, 0.25) is 5.02 Å². The molecular formula is C21H17ClN3O4S-. The molecule has 0 fully saturated rings. The van der Waals surface area contributed by atoms with Crippen LogP contribution in [0.1, 0.15) is 5.69 Å². The number of hydrogen-bond donors (Lipinski definition) is 0. The smallest absolute Gasteiger partial charge is 0.325 e. The fourth-order valence-corrected chi connectivity index (χ4v) is 4.48. The number of benzene rings is 2. The van der Waals surface area contributed by atoms with E-state index in [0.717, 1.165) is 5.39 Å². The number of para-hydroxylation sites is 1. The van der Waals surface area contributed by atoms with Gasteiger partial charge in [-0.05, 0) is 37.3 Å². The topological polar surface area (TPSA) is 87.5 Å². The SMILES string of the molecule is COC(=O)Cn1c(C)c(N(c2cccc3cccnc23)S(=O)[O-])c2cc(Cl)ccc21. The van der Waals surface area contributed by atoms with Gasteiger partial charge in [-0.3, -0.25) is 18.3 Å². The van der Waals surface area contributed by atoms with Crippen LogP contribution in [-0.4, -0.2) is 31.4 Å². The molecule has 9 heteroatoms. The third kappa shape index (κ3) is 3.43. The maximum atomic E-state index is 12.5. The molecule has 154 valence electrons. The molecule has 0 spiro atoms. The Morgan fingerprint density at radius 1 is 1.27 bits per heavy atom. The van der Waals surface area contributed by atoms with Crippen LogP contribution in [0.15, 0.2) is 54.7 Å². The third-order valence-corrected chi connectivity index (χ3v) is 5.86. The molecule has 0 N–H and O–H groups in total. The molecule has 7 nitrogen and oxygen atoms in total. The summed E-state index contributed by atoms with van der Waals surface area (Å²) in [6, 6.07) is 14.1. The summed E-state index contributed by atoms with van der Waals surface area (Å²) in [5.41, 5.74) is 2.60. The van der Waals surface area contributed by atoms with Crippen molar-refractivity contribution in [3.8, 4) is 0 Å². The largest absolute Gasteiger partial charge is 0.755 e. The van der Waals surface area contributed by atoms with Crippen molar-refractivity contribution in [3.05, 3.63) is 65.4 Å². The van der Waals surface area contributed by atoms with E-state index in [2.05, 4.69) is 4.98 Å². The number of carbonyl (C=O) groups is 1. The normalized spacial score (nSPS) is 12.3. The number of pyridine rings is 1. The van der Waals surface area contributed by atoms with Gasteiger partial charge in [0.15, 0.2) is 0 Å². The number of halogens is 1. The number of anilines is 2. The lowest BCUT2D eigenvalue weighted by molar-refractivity contribution is -0.141. The summed E-state index contributed by atoms with van der Waals surface area (Å²) in [5, 5.41) is 1.85. The Labute approximate surface area is 180 Å². The highest BCUT2D eigenvalue weighted by Crippen LogP contribution is 2.41. The van der Waals surface area contributed by atoms with E-state index >= 15 is 0 Å². The molecule has 2 heterocycles. The Kier molecular flexibility index (Phi) is 5.46. The highest BCUT2D eigenvalue weighted by atomic mass is 35.5. The van der Waals surface area contributed by atoms with Crippen molar-refractivity contribution >= 4 is 62.0 Å². The first-order chi connectivity index (χ1) is 14.4. The van der Waals surface area contributed by atoms with Crippen molar-refractivity contribution < 1.29 is 18.3 Å². The Balaban J connectivity index is 2.04. The van der Waals surface area contributed by atoms with Gasteiger partial charge in [0.25, 0.3) is 0 Å². The Hall–Kier alpha value is -2.94. The van der Waals surface area contributed by atoms with Crippen LogP contribution in [0.5, 0.6) is 0 Å². The molecule has 1 unspecified atom stereocenters. The minimum Gasteiger partial charge on any atom is -0.755 e. The Bertz CT molecular complexity index is 1300. The number of ether oxygens (including phenoxy) is 1. The van der Waals surface area contributed by atoms with E-state index in [9.17, 15) is 13.6 Å². The van der Waals surface area contributed by atoms with E-state index in [-0.39, 0.29) is 6.54 Å². The second-order valence-corrected chi connectivity index (χ2v) is 7.86. The number of aromatic nitrogens is 2. The van der Waals surface area contributed by atoms with Gasteiger partial charge in [0, 0.05) is 27.7 Å². The van der Waals surface area contributed by atoms with Gasteiger partial charge in [-0.15, -0.1) is 0 Å². The number of nitrogens with zero attached hydrogens (tertiary/aromatic N) is 3. The number of methoxy groups -OCH3 is 1. The van der Waals surface area contributed by atoms with Crippen LogP contribution >= 0.6 is 11.6 Å². The summed E-state index contributed by atoms with van der Waals surface area (Å²) in [7, 11) is 1.31. The Morgan fingerprint density at radius 2 is 2.03 bits per heavy atom. The number of carbonyl (C=O) groups excluding carboxylic acids is 1. The van der Waals surface area contributed by atoms with Gasteiger partial charge in [0.2, 0.25) is 0 Å². The predicted molar refractivity (Wildman–Crippen MR) is 117 cm³/mol. The highest BCUT2D eigenvalue weighted by Gasteiger charge is 2.24. The summed E-state index contributed by atoms with van der Waals surface area (Å²) >= 11 is 3.56. The molecule has 2 aromatic heterocycles. The second kappa shape index (κ2) is 8.06. The van der Waals surface area contributed by atoms with Crippen LogP contribution in [0.4, 0.5) is 11.4 Å². The number of esters is 1. The zero-order valence-corrected chi connectivity index (χ0v) is 17.7. The molecule has 0 aliphatic carbocycles. The van der Waals surface area contributed by atoms with Crippen LogP contribution in [0.25, 0.3) is 21.8 Å². The lowest BCUT2D eigenvalue weighted by Crippen LogP contribution is -2.21. The second-order valence-electron chi connectivity index (χ2n) is 6.62. The molecule has 0 saturated carbocycles. The van der Waals surface area contributed by atoms with E-state index in [0.29, 0.717) is 38.5 Å². The molecule has 0 amide bonds. The molecule has 1 atom stereocenters. The molecule has 4 rings (SSSR count). The maximum Gasteiger partial charge on any atom is 0.325 e. The molecule has 0 saturated heterocycles. The number of fused-ring (bicyclic) bond motifs is 2. The van der Waals surface area contributed by atoms with Crippen molar-refractivity contribution in [3.63, 3.8) is 0 Å². The maximum absolute atomic E-state index is 12.5. The molecule has 0 bridgehead atoms. The fourth-order valence-electron chi connectivity index (χ4n) is 3.62. The first kappa shape index (κ1) is 20.3. The predicted octanol–water partition coefficient (Wildman–Crippen LogP) is 4.26. The summed E-state index contributed by atoms with van der Waals surface area (Å²) < 4.78 is 32.7. The van der Waals surface area contributed by atoms with Crippen LogP contribution in [0, 0.1) is 6.92 Å². The van der Waals surface area contributed by atoms with Gasteiger partial charge >= 0.3 is 5.97 Å². The van der Waals surface area contributed by atoms with E-state index in [1.165, 1.54) is 11.4 Å². The summed E-state index contributed by atoms with van der Waals surface area (Å²) in [6.45, 7) is 1.69. The first-order valence-corrected chi connectivity index (χ1v) is 10.4. The molecule has 0 aliphatic rings. The number of rotatable bonds is 5. The van der Waals surface area contributed by atoms with Crippen molar-refractivity contribution in [2.75, 3.05) is 11.4 Å². The quantitative estimate of drug-likeness (QED) is 0.340. The minimum absolute atomic E-state index is 0.0619. The van der Waals surface area contributed by atoms with Gasteiger partial charge in [0.05, 0.1) is 40.8 Å². The summed E-state index contributed by atoms with van der Waals surface area (Å²) in [6.07, 6.45) is 1.61. The van der Waals surface area contributed by atoms with Crippen molar-refractivity contribution in [1.82, 2.24) is 9.55 Å². The summed E-state index contributed by atoms with van der Waals surface area (Å²) in [4.78, 5) is 16.4. The van der Waals surface area contributed by atoms with Crippen LogP contribution < -0.4 is 4.31 Å². The van der Waals surface area contributed by atoms with Gasteiger partial charge in [-0.2, -0.15) is 0 Å². The van der Waals surface area contributed by atoms with E-state index in [4.69, 9.17) is 16.3 Å². The van der Waals surface area contributed by atoms with Crippen molar-refractivity contribution in [2.45, 2.75) is 13.5 Å². The van der Waals surface area contributed by atoms with Gasteiger partial charge in [0.1, 0.15) is 6.54 Å². The molecule has 30 heavy (non-hydrogen) atoms. The highest BCUT2D eigenvalue weighted by molar-refractivity contribution is 7.81.